The summed E-state index contributed by atoms with van der Waals surface area (Å²) in [5.41, 5.74) is 2.33. The van der Waals surface area contributed by atoms with Gasteiger partial charge in [0.05, 0.1) is 11.4 Å². The maximum atomic E-state index is 11.2. The molecule has 1 aromatic carbocycles. The summed E-state index contributed by atoms with van der Waals surface area (Å²) in [6.07, 6.45) is 2.79. The molecule has 0 saturated carbocycles. The molecule has 18 heavy (non-hydrogen) atoms. The van der Waals surface area contributed by atoms with Crippen molar-refractivity contribution < 1.29 is 8.42 Å². The lowest BCUT2D eigenvalue weighted by Gasteiger charge is -2.03. The molecule has 0 atom stereocenters. The van der Waals surface area contributed by atoms with E-state index in [1.54, 1.807) is 24.4 Å². The Labute approximate surface area is 111 Å². The molecule has 4 nitrogen and oxygen atoms in total. The Morgan fingerprint density at radius 1 is 1.17 bits per heavy atom. The van der Waals surface area contributed by atoms with E-state index in [0.717, 1.165) is 11.1 Å². The van der Waals surface area contributed by atoms with E-state index in [2.05, 4.69) is 9.97 Å². The zero-order valence-electron chi connectivity index (χ0n) is 9.67. The molecule has 0 unspecified atom stereocenters. The Morgan fingerprint density at radius 3 is 2.39 bits per heavy atom. The highest BCUT2D eigenvalue weighted by Crippen LogP contribution is 2.19. The Bertz CT molecular complexity index is 654. The highest BCUT2D eigenvalue weighted by molar-refractivity contribution is 7.89. The fourth-order valence-corrected chi connectivity index (χ4v) is 2.52. The first-order valence-corrected chi connectivity index (χ1v) is 7.63. The SMILES string of the molecule is CS(=O)(=O)Cc1ccc(-c2ccnc(Cl)n2)cc1. The minimum absolute atomic E-state index is 0.0395. The van der Waals surface area contributed by atoms with Gasteiger partial charge in [0.2, 0.25) is 5.28 Å². The van der Waals surface area contributed by atoms with Crippen LogP contribution in [0.3, 0.4) is 0 Å². The van der Waals surface area contributed by atoms with Crippen molar-refractivity contribution in [3.8, 4) is 11.3 Å². The summed E-state index contributed by atoms with van der Waals surface area (Å²) >= 11 is 5.71. The second-order valence-corrected chi connectivity index (χ2v) is 6.46. The van der Waals surface area contributed by atoms with Crippen LogP contribution >= 0.6 is 11.6 Å². The van der Waals surface area contributed by atoms with E-state index in [9.17, 15) is 8.42 Å². The van der Waals surface area contributed by atoms with Crippen molar-refractivity contribution in [2.45, 2.75) is 5.75 Å². The van der Waals surface area contributed by atoms with E-state index in [0.29, 0.717) is 5.69 Å². The van der Waals surface area contributed by atoms with Gasteiger partial charge in [-0.2, -0.15) is 0 Å². The van der Waals surface area contributed by atoms with Gasteiger partial charge in [-0.1, -0.05) is 24.3 Å². The molecule has 1 aromatic heterocycles. The number of aromatic nitrogens is 2. The molecule has 94 valence electrons. The summed E-state index contributed by atoms with van der Waals surface area (Å²) in [4.78, 5) is 7.89. The van der Waals surface area contributed by atoms with Crippen LogP contribution in [0.25, 0.3) is 11.3 Å². The van der Waals surface area contributed by atoms with E-state index >= 15 is 0 Å². The number of rotatable bonds is 3. The van der Waals surface area contributed by atoms with Crippen molar-refractivity contribution in [1.82, 2.24) is 9.97 Å². The van der Waals surface area contributed by atoms with Crippen LogP contribution in [0.1, 0.15) is 5.56 Å². The van der Waals surface area contributed by atoms with Gasteiger partial charge in [0.15, 0.2) is 9.84 Å². The number of hydrogen-bond donors (Lipinski definition) is 0. The molecule has 0 aliphatic carbocycles. The molecule has 0 fully saturated rings. The minimum Gasteiger partial charge on any atom is -0.229 e. The van der Waals surface area contributed by atoms with Gasteiger partial charge >= 0.3 is 0 Å². The third-order valence-electron chi connectivity index (χ3n) is 2.30. The lowest BCUT2D eigenvalue weighted by atomic mass is 10.1. The first kappa shape index (κ1) is 13.0. The average molecular weight is 283 g/mol. The van der Waals surface area contributed by atoms with Crippen molar-refractivity contribution in [2.75, 3.05) is 6.26 Å². The second-order valence-electron chi connectivity index (χ2n) is 3.98. The smallest absolute Gasteiger partial charge is 0.222 e. The van der Waals surface area contributed by atoms with E-state index in [-0.39, 0.29) is 11.0 Å². The van der Waals surface area contributed by atoms with Crippen LogP contribution in [0.15, 0.2) is 36.5 Å². The number of sulfone groups is 1. The van der Waals surface area contributed by atoms with Gasteiger partial charge in [0.25, 0.3) is 0 Å². The first-order chi connectivity index (χ1) is 8.44. The van der Waals surface area contributed by atoms with Gasteiger partial charge in [-0.25, -0.2) is 18.4 Å². The summed E-state index contributed by atoms with van der Waals surface area (Å²) in [6.45, 7) is 0. The molecular weight excluding hydrogens is 272 g/mol. The van der Waals surface area contributed by atoms with E-state index in [1.807, 2.05) is 12.1 Å². The van der Waals surface area contributed by atoms with Crippen molar-refractivity contribution in [2.24, 2.45) is 0 Å². The molecule has 2 rings (SSSR count). The fourth-order valence-electron chi connectivity index (χ4n) is 1.57. The third-order valence-corrected chi connectivity index (χ3v) is 3.34. The maximum Gasteiger partial charge on any atom is 0.222 e. The summed E-state index contributed by atoms with van der Waals surface area (Å²) in [7, 11) is -3.01. The number of benzene rings is 1. The van der Waals surface area contributed by atoms with Crippen molar-refractivity contribution in [1.29, 1.82) is 0 Å². The van der Waals surface area contributed by atoms with Crippen LogP contribution in [0.4, 0.5) is 0 Å². The summed E-state index contributed by atoms with van der Waals surface area (Å²) in [5, 5.41) is 0.188. The van der Waals surface area contributed by atoms with Gasteiger partial charge in [0.1, 0.15) is 0 Å². The largest absolute Gasteiger partial charge is 0.229 e. The van der Waals surface area contributed by atoms with Crippen LogP contribution in [0, 0.1) is 0 Å². The van der Waals surface area contributed by atoms with Gasteiger partial charge < -0.3 is 0 Å². The molecule has 0 spiro atoms. The Morgan fingerprint density at radius 2 is 1.83 bits per heavy atom. The van der Waals surface area contributed by atoms with Crippen molar-refractivity contribution in [3.05, 3.63) is 47.4 Å². The van der Waals surface area contributed by atoms with Gasteiger partial charge in [0, 0.05) is 18.0 Å². The zero-order chi connectivity index (χ0) is 13.2. The van der Waals surface area contributed by atoms with Crippen LogP contribution < -0.4 is 0 Å². The number of nitrogens with zero attached hydrogens (tertiary/aromatic N) is 2. The lowest BCUT2D eigenvalue weighted by Crippen LogP contribution is -2.00. The topological polar surface area (TPSA) is 59.9 Å². The molecule has 0 radical (unpaired) electrons. The zero-order valence-corrected chi connectivity index (χ0v) is 11.2. The predicted molar refractivity (Wildman–Crippen MR) is 71.0 cm³/mol. The Hall–Kier alpha value is -1.46. The van der Waals surface area contributed by atoms with E-state index in [4.69, 9.17) is 11.6 Å². The standard InChI is InChI=1S/C12H11ClN2O2S/c1-18(16,17)8-9-2-4-10(5-3-9)11-6-7-14-12(13)15-11/h2-7H,8H2,1H3. The van der Waals surface area contributed by atoms with Gasteiger partial charge in [-0.15, -0.1) is 0 Å². The van der Waals surface area contributed by atoms with Gasteiger partial charge in [-0.05, 0) is 23.2 Å². The second kappa shape index (κ2) is 5.04. The molecule has 0 amide bonds. The molecular formula is C12H11ClN2O2S. The van der Waals surface area contributed by atoms with Gasteiger partial charge in [-0.3, -0.25) is 0 Å². The fraction of sp³-hybridized carbons (Fsp3) is 0.167. The predicted octanol–water partition coefficient (Wildman–Crippen LogP) is 2.34. The monoisotopic (exact) mass is 282 g/mol. The minimum atomic E-state index is -3.01. The summed E-state index contributed by atoms with van der Waals surface area (Å²) < 4.78 is 22.3. The number of hydrogen-bond acceptors (Lipinski definition) is 4. The highest BCUT2D eigenvalue weighted by Gasteiger charge is 2.05. The highest BCUT2D eigenvalue weighted by atomic mass is 35.5. The number of halogens is 1. The molecule has 0 bridgehead atoms. The average Bonchev–Trinajstić information content (AvgIpc) is 2.28. The van der Waals surface area contributed by atoms with Crippen LogP contribution in [0.5, 0.6) is 0 Å². The van der Waals surface area contributed by atoms with Crippen molar-refractivity contribution >= 4 is 21.4 Å². The van der Waals surface area contributed by atoms with Crippen LogP contribution in [-0.4, -0.2) is 24.6 Å². The van der Waals surface area contributed by atoms with E-state index in [1.165, 1.54) is 6.26 Å². The quantitative estimate of drug-likeness (QED) is 0.811. The van der Waals surface area contributed by atoms with E-state index < -0.39 is 9.84 Å². The molecule has 0 N–H and O–H groups in total. The third kappa shape index (κ3) is 3.51. The van der Waals surface area contributed by atoms with Crippen LogP contribution in [-0.2, 0) is 15.6 Å². The Balaban J connectivity index is 2.28. The molecule has 6 heteroatoms. The summed E-state index contributed by atoms with van der Waals surface area (Å²) in [5.74, 6) is 0.0395. The molecule has 0 saturated heterocycles. The Kier molecular flexibility index (Phi) is 3.63. The summed E-state index contributed by atoms with van der Waals surface area (Å²) in [6, 6.07) is 8.93. The first-order valence-electron chi connectivity index (χ1n) is 5.20. The molecule has 0 aliphatic rings. The lowest BCUT2D eigenvalue weighted by molar-refractivity contribution is 0.601. The maximum absolute atomic E-state index is 11.2. The molecule has 1 heterocycles. The normalized spacial score (nSPS) is 11.4. The molecule has 0 aliphatic heterocycles. The molecule has 2 aromatic rings. The van der Waals surface area contributed by atoms with Crippen molar-refractivity contribution in [3.63, 3.8) is 0 Å². The van der Waals surface area contributed by atoms with Crippen LogP contribution in [0.2, 0.25) is 5.28 Å².